The first-order valence-corrected chi connectivity index (χ1v) is 9.27. The second-order valence-electron chi connectivity index (χ2n) is 6.79. The lowest BCUT2D eigenvalue weighted by molar-refractivity contribution is -0.132. The van der Waals surface area contributed by atoms with Crippen molar-refractivity contribution in [3.05, 3.63) is 101 Å². The van der Waals surface area contributed by atoms with E-state index in [4.69, 9.17) is 4.74 Å². The van der Waals surface area contributed by atoms with Gasteiger partial charge in [-0.2, -0.15) is 0 Å². The molecule has 1 heterocycles. The molecule has 1 aliphatic heterocycles. The van der Waals surface area contributed by atoms with Gasteiger partial charge in [0.1, 0.15) is 17.3 Å². The number of hydrogen-bond donors (Lipinski definition) is 1. The van der Waals surface area contributed by atoms with Crippen LogP contribution in [0.4, 0.5) is 10.1 Å². The summed E-state index contributed by atoms with van der Waals surface area (Å²) in [5.74, 6) is -1.98. The zero-order chi connectivity index (χ0) is 21.3. The van der Waals surface area contributed by atoms with Crippen molar-refractivity contribution in [1.82, 2.24) is 0 Å². The molecule has 1 amide bonds. The second-order valence-corrected chi connectivity index (χ2v) is 6.79. The topological polar surface area (TPSA) is 66.8 Å². The number of amides is 1. The molecule has 150 valence electrons. The first-order chi connectivity index (χ1) is 14.5. The second kappa shape index (κ2) is 7.83. The number of carbonyl (C=O) groups is 2. The maximum atomic E-state index is 14.0. The number of methoxy groups -OCH3 is 1. The number of benzene rings is 3. The zero-order valence-corrected chi connectivity index (χ0v) is 16.1. The van der Waals surface area contributed by atoms with Gasteiger partial charge in [-0.1, -0.05) is 48.5 Å². The highest BCUT2D eigenvalue weighted by Gasteiger charge is 2.47. The quantitative estimate of drug-likeness (QED) is 0.397. The minimum atomic E-state index is -0.993. The van der Waals surface area contributed by atoms with E-state index < -0.39 is 23.5 Å². The molecule has 3 aromatic carbocycles. The number of aliphatic hydroxyl groups excluding tert-OH is 1. The molecular formula is C24H18FNO4. The van der Waals surface area contributed by atoms with E-state index in [0.717, 1.165) is 0 Å². The molecule has 0 aromatic heterocycles. The number of anilines is 1. The number of hydrogen-bond acceptors (Lipinski definition) is 4. The molecule has 1 fully saturated rings. The lowest BCUT2D eigenvalue weighted by Crippen LogP contribution is -2.29. The van der Waals surface area contributed by atoms with E-state index in [2.05, 4.69) is 0 Å². The molecule has 4 rings (SSSR count). The summed E-state index contributed by atoms with van der Waals surface area (Å²) in [7, 11) is 1.49. The lowest BCUT2D eigenvalue weighted by Gasteiger charge is -2.25. The summed E-state index contributed by atoms with van der Waals surface area (Å²) in [6.07, 6.45) is 0. The van der Waals surface area contributed by atoms with Gasteiger partial charge >= 0.3 is 0 Å². The maximum absolute atomic E-state index is 14.0. The minimum absolute atomic E-state index is 0.0976. The Labute approximate surface area is 172 Å². The summed E-state index contributed by atoms with van der Waals surface area (Å²) in [6, 6.07) is 19.8. The number of ketones is 1. The smallest absolute Gasteiger partial charge is 0.300 e. The molecule has 30 heavy (non-hydrogen) atoms. The van der Waals surface area contributed by atoms with Crippen molar-refractivity contribution in [3.63, 3.8) is 0 Å². The summed E-state index contributed by atoms with van der Waals surface area (Å²) in [4.78, 5) is 27.3. The van der Waals surface area contributed by atoms with Gasteiger partial charge in [0, 0.05) is 17.3 Å². The Bertz CT molecular complexity index is 1160. The highest BCUT2D eigenvalue weighted by Crippen LogP contribution is 2.42. The molecule has 6 heteroatoms. The molecule has 0 unspecified atom stereocenters. The van der Waals surface area contributed by atoms with Crippen molar-refractivity contribution in [2.24, 2.45) is 0 Å². The van der Waals surface area contributed by atoms with Gasteiger partial charge in [0.2, 0.25) is 0 Å². The Hall–Kier alpha value is -3.93. The van der Waals surface area contributed by atoms with Gasteiger partial charge in [-0.3, -0.25) is 14.5 Å². The molecule has 1 aliphatic rings. The summed E-state index contributed by atoms with van der Waals surface area (Å²) < 4.78 is 19.3. The molecule has 0 bridgehead atoms. The molecule has 0 radical (unpaired) electrons. The third-order valence-corrected chi connectivity index (χ3v) is 4.99. The van der Waals surface area contributed by atoms with Gasteiger partial charge in [0.05, 0.1) is 18.7 Å². The Morgan fingerprint density at radius 1 is 0.967 bits per heavy atom. The van der Waals surface area contributed by atoms with E-state index in [0.29, 0.717) is 22.6 Å². The standard InChI is InChI=1S/C24H18FNO4/c1-30-19-12-6-11-18(14-19)26-21(16-9-5-10-17(25)13-16)20(23(28)24(26)29)22(27)15-7-3-2-4-8-15/h2-14,21,27H,1H3/t21-/m1/s1. The molecule has 1 atom stereocenters. The zero-order valence-electron chi connectivity index (χ0n) is 16.1. The third-order valence-electron chi connectivity index (χ3n) is 4.99. The predicted molar refractivity (Wildman–Crippen MR) is 111 cm³/mol. The number of Topliss-reactive ketones (excluding diaryl/α,β-unsaturated/α-hetero) is 1. The Kier molecular flexibility index (Phi) is 5.06. The van der Waals surface area contributed by atoms with E-state index in [1.807, 2.05) is 0 Å². The van der Waals surface area contributed by atoms with Crippen molar-refractivity contribution < 1.29 is 23.8 Å². The summed E-state index contributed by atoms with van der Waals surface area (Å²) in [5.41, 5.74) is 1.06. The number of halogens is 1. The largest absolute Gasteiger partial charge is 0.507 e. The maximum Gasteiger partial charge on any atom is 0.300 e. The van der Waals surface area contributed by atoms with Crippen LogP contribution in [0, 0.1) is 5.82 Å². The molecule has 1 saturated heterocycles. The van der Waals surface area contributed by atoms with E-state index >= 15 is 0 Å². The van der Waals surface area contributed by atoms with Crippen LogP contribution in [0.25, 0.3) is 5.76 Å². The van der Waals surface area contributed by atoms with E-state index in [1.54, 1.807) is 60.7 Å². The van der Waals surface area contributed by atoms with Crippen molar-refractivity contribution in [2.45, 2.75) is 6.04 Å². The van der Waals surface area contributed by atoms with Crippen LogP contribution in [0.3, 0.4) is 0 Å². The average Bonchev–Trinajstić information content (AvgIpc) is 3.04. The number of ether oxygens (including phenoxy) is 1. The fraction of sp³-hybridized carbons (Fsp3) is 0.0833. The van der Waals surface area contributed by atoms with Crippen molar-refractivity contribution in [2.75, 3.05) is 12.0 Å². The average molecular weight is 403 g/mol. The van der Waals surface area contributed by atoms with Crippen LogP contribution in [-0.2, 0) is 9.59 Å². The van der Waals surface area contributed by atoms with Gasteiger partial charge in [-0.05, 0) is 29.8 Å². The van der Waals surface area contributed by atoms with Crippen LogP contribution in [0.1, 0.15) is 17.2 Å². The molecule has 1 N–H and O–H groups in total. The van der Waals surface area contributed by atoms with E-state index in [1.165, 1.54) is 30.2 Å². The van der Waals surface area contributed by atoms with Crippen LogP contribution in [0.2, 0.25) is 0 Å². The predicted octanol–water partition coefficient (Wildman–Crippen LogP) is 4.46. The van der Waals surface area contributed by atoms with Crippen molar-refractivity contribution in [1.29, 1.82) is 0 Å². The van der Waals surface area contributed by atoms with Crippen LogP contribution in [0.5, 0.6) is 5.75 Å². The lowest BCUT2D eigenvalue weighted by atomic mass is 9.95. The van der Waals surface area contributed by atoms with Gasteiger partial charge in [0.15, 0.2) is 0 Å². The molecule has 0 saturated carbocycles. The highest BCUT2D eigenvalue weighted by atomic mass is 19.1. The molecular weight excluding hydrogens is 385 g/mol. The van der Waals surface area contributed by atoms with Crippen LogP contribution >= 0.6 is 0 Å². The normalized spacial score (nSPS) is 17.9. The summed E-state index contributed by atoms with van der Waals surface area (Å²) >= 11 is 0. The molecule has 3 aromatic rings. The fourth-order valence-corrected chi connectivity index (χ4v) is 3.60. The Balaban J connectivity index is 1.96. The van der Waals surface area contributed by atoms with Gasteiger partial charge in [0.25, 0.3) is 11.7 Å². The van der Waals surface area contributed by atoms with Crippen molar-refractivity contribution in [3.8, 4) is 5.75 Å². The minimum Gasteiger partial charge on any atom is -0.507 e. The van der Waals surface area contributed by atoms with E-state index in [9.17, 15) is 19.1 Å². The first kappa shape index (κ1) is 19.4. The SMILES string of the molecule is COc1cccc(N2C(=O)C(=O)C(=C(O)c3ccccc3)[C@H]2c2cccc(F)c2)c1. The molecule has 0 spiro atoms. The third kappa shape index (κ3) is 3.33. The summed E-state index contributed by atoms with van der Waals surface area (Å²) in [5, 5.41) is 10.9. The number of nitrogens with zero attached hydrogens (tertiary/aromatic N) is 1. The van der Waals surface area contributed by atoms with Crippen molar-refractivity contribution >= 4 is 23.1 Å². The molecule has 0 aliphatic carbocycles. The van der Waals surface area contributed by atoms with Crippen LogP contribution in [0.15, 0.2) is 84.4 Å². The van der Waals surface area contributed by atoms with Crippen LogP contribution in [-0.4, -0.2) is 23.9 Å². The number of carbonyl (C=O) groups excluding carboxylic acids is 2. The summed E-state index contributed by atoms with van der Waals surface area (Å²) in [6.45, 7) is 0. The Morgan fingerprint density at radius 3 is 2.40 bits per heavy atom. The highest BCUT2D eigenvalue weighted by molar-refractivity contribution is 6.51. The van der Waals surface area contributed by atoms with Gasteiger partial charge in [-0.15, -0.1) is 0 Å². The monoisotopic (exact) mass is 403 g/mol. The first-order valence-electron chi connectivity index (χ1n) is 9.27. The van der Waals surface area contributed by atoms with Gasteiger partial charge < -0.3 is 9.84 Å². The Morgan fingerprint density at radius 2 is 1.70 bits per heavy atom. The number of aliphatic hydroxyl groups is 1. The van der Waals surface area contributed by atoms with E-state index in [-0.39, 0.29) is 11.3 Å². The fourth-order valence-electron chi connectivity index (χ4n) is 3.60. The van der Waals surface area contributed by atoms with Crippen LogP contribution < -0.4 is 9.64 Å². The number of rotatable bonds is 4. The van der Waals surface area contributed by atoms with Gasteiger partial charge in [-0.25, -0.2) is 4.39 Å². The molecule has 5 nitrogen and oxygen atoms in total.